The molecule has 4 aromatic heterocycles. The second-order valence-corrected chi connectivity index (χ2v) is 23.9. The molecule has 14 aromatic rings. The first-order chi connectivity index (χ1) is 35.6. The number of anilines is 6. The lowest BCUT2D eigenvalue weighted by Gasteiger charge is -2.29. The quantitative estimate of drug-likeness (QED) is 0.165. The van der Waals surface area contributed by atoms with E-state index in [-0.39, 0.29) is 16.2 Å². The number of benzene rings is 10. The lowest BCUT2D eigenvalue weighted by atomic mass is 9.83. The van der Waals surface area contributed by atoms with Gasteiger partial charge in [-0.15, -0.1) is 0 Å². The summed E-state index contributed by atoms with van der Waals surface area (Å²) in [6, 6.07) is 75.2. The molecule has 0 atom stereocenters. The Labute approximate surface area is 433 Å². The summed E-state index contributed by atoms with van der Waals surface area (Å²) in [6.07, 6.45) is 0. The molecule has 4 heterocycles. The highest BCUT2D eigenvalue weighted by Crippen LogP contribution is 2.54. The van der Waals surface area contributed by atoms with E-state index < -0.39 is 0 Å². The largest absolute Gasteiger partial charge is 0.308 e. The number of hydrogen-bond donors (Lipinski definition) is 0. The number of hydrogen-bond acceptors (Lipinski definition) is 2. The fourth-order valence-electron chi connectivity index (χ4n) is 12.4. The van der Waals surface area contributed by atoms with Crippen molar-refractivity contribution in [3.05, 3.63) is 217 Å². The SMILES string of the molecule is CC(C)(C)c1cc(N(c2ccccc2)c2ccccc2)c2c(c1)c1cc(C(C)(C)C)cc3c4c5c6cc7ccccc7c7c8cc(C(C)(C)C)cc(N(c9ccccc9)c9ccccc9)c8n(c5ccc4n2c13)c67. The molecule has 10 aromatic carbocycles. The minimum absolute atomic E-state index is 0.107. The molecule has 0 aliphatic carbocycles. The van der Waals surface area contributed by atoms with Crippen LogP contribution in [0.4, 0.5) is 34.1 Å². The fourth-order valence-corrected chi connectivity index (χ4v) is 12.4. The lowest BCUT2D eigenvalue weighted by Crippen LogP contribution is -2.15. The number of rotatable bonds is 6. The van der Waals surface area contributed by atoms with Gasteiger partial charge < -0.3 is 18.6 Å². The van der Waals surface area contributed by atoms with Gasteiger partial charge in [-0.3, -0.25) is 0 Å². The first-order valence-electron chi connectivity index (χ1n) is 26.4. The van der Waals surface area contributed by atoms with Gasteiger partial charge in [0.25, 0.3) is 0 Å². The summed E-state index contributed by atoms with van der Waals surface area (Å²) in [4.78, 5) is 4.97. The van der Waals surface area contributed by atoms with E-state index in [1.807, 2.05) is 0 Å². The summed E-state index contributed by atoms with van der Waals surface area (Å²) in [5.74, 6) is 0. The Bertz CT molecular complexity index is 4430. The van der Waals surface area contributed by atoms with E-state index in [4.69, 9.17) is 0 Å². The van der Waals surface area contributed by atoms with Crippen molar-refractivity contribution in [1.29, 1.82) is 0 Å². The Morgan fingerprint density at radius 1 is 0.284 bits per heavy atom. The summed E-state index contributed by atoms with van der Waals surface area (Å²) in [6.45, 7) is 21.2. The van der Waals surface area contributed by atoms with Gasteiger partial charge in [0.2, 0.25) is 0 Å². The van der Waals surface area contributed by atoms with E-state index in [0.717, 1.165) is 22.7 Å². The van der Waals surface area contributed by atoms with Crippen molar-refractivity contribution >= 4 is 121 Å². The van der Waals surface area contributed by atoms with Gasteiger partial charge in [0.15, 0.2) is 0 Å². The summed E-state index contributed by atoms with van der Waals surface area (Å²) in [7, 11) is 0. The Balaban J connectivity index is 1.22. The maximum Gasteiger partial charge on any atom is 0.0783 e. The molecule has 0 aliphatic rings. The molecule has 0 saturated heterocycles. The highest BCUT2D eigenvalue weighted by molar-refractivity contribution is 6.39. The first kappa shape index (κ1) is 44.4. The molecule has 360 valence electrons. The van der Waals surface area contributed by atoms with Gasteiger partial charge in [-0.1, -0.05) is 159 Å². The molecule has 0 bridgehead atoms. The fraction of sp³-hybridized carbons (Fsp3) is 0.171. The average Bonchev–Trinajstić information content (AvgIpc) is 4.14. The standard InChI is InChI=1S/C70H60N4/c1-68(2,3)44-37-52-53-38-45(69(4,5)6)41-59(71(47-25-14-10-15-26-47)48-27-16-11-17-28-48)65(53)73-57-34-35-58-62(63(57)56(39-44)64(52)73)54-36-43-24-22-23-33-51(43)61-55-40-46(70(7,8)9)42-60(66(55)74(58)67(54)61)72(49-29-18-12-19-30-49)50-31-20-13-21-32-50/h10-42H,1-9H3. The Hall–Kier alpha value is -8.34. The smallest absolute Gasteiger partial charge is 0.0783 e. The van der Waals surface area contributed by atoms with Gasteiger partial charge in [0.05, 0.1) is 44.5 Å². The highest BCUT2D eigenvalue weighted by Gasteiger charge is 2.32. The molecule has 0 radical (unpaired) electrons. The molecule has 4 nitrogen and oxygen atoms in total. The average molecular weight is 957 g/mol. The third-order valence-electron chi connectivity index (χ3n) is 16.1. The van der Waals surface area contributed by atoms with E-state index in [2.05, 4.69) is 281 Å². The zero-order valence-corrected chi connectivity index (χ0v) is 43.8. The van der Waals surface area contributed by atoms with E-state index in [1.54, 1.807) is 0 Å². The van der Waals surface area contributed by atoms with Gasteiger partial charge in [-0.25, -0.2) is 0 Å². The van der Waals surface area contributed by atoms with Crippen LogP contribution in [-0.4, -0.2) is 8.80 Å². The van der Waals surface area contributed by atoms with E-state index >= 15 is 0 Å². The van der Waals surface area contributed by atoms with Gasteiger partial charge >= 0.3 is 0 Å². The summed E-state index contributed by atoms with van der Waals surface area (Å²) < 4.78 is 5.28. The van der Waals surface area contributed by atoms with Gasteiger partial charge in [0, 0.05) is 65.8 Å². The Kier molecular flexibility index (Phi) is 9.35. The maximum absolute atomic E-state index is 2.65. The lowest BCUT2D eigenvalue weighted by molar-refractivity contribution is 0.591. The van der Waals surface area contributed by atoms with Crippen LogP contribution in [0, 0.1) is 0 Å². The minimum Gasteiger partial charge on any atom is -0.308 e. The molecule has 4 heteroatoms. The Morgan fingerprint density at radius 2 is 0.622 bits per heavy atom. The number of para-hydroxylation sites is 4. The van der Waals surface area contributed by atoms with Gasteiger partial charge in [0.1, 0.15) is 0 Å². The van der Waals surface area contributed by atoms with Crippen LogP contribution in [-0.2, 0) is 16.2 Å². The molecule has 0 fully saturated rings. The van der Waals surface area contributed by atoms with Crippen LogP contribution >= 0.6 is 0 Å². The van der Waals surface area contributed by atoms with Crippen molar-refractivity contribution in [1.82, 2.24) is 8.80 Å². The maximum atomic E-state index is 2.65. The normalized spacial score (nSPS) is 12.9. The summed E-state index contributed by atoms with van der Waals surface area (Å²) in [5.41, 5.74) is 17.9. The topological polar surface area (TPSA) is 15.3 Å². The third kappa shape index (κ3) is 6.40. The van der Waals surface area contributed by atoms with Gasteiger partial charge in [-0.05, 0) is 147 Å². The zero-order valence-electron chi connectivity index (χ0n) is 43.8. The molecule has 0 saturated carbocycles. The van der Waals surface area contributed by atoms with Crippen molar-refractivity contribution in [2.45, 2.75) is 78.6 Å². The highest BCUT2D eigenvalue weighted by atomic mass is 15.2. The predicted molar refractivity (Wildman–Crippen MR) is 319 cm³/mol. The van der Waals surface area contributed by atoms with Crippen molar-refractivity contribution in [2.75, 3.05) is 9.80 Å². The van der Waals surface area contributed by atoms with Crippen LogP contribution in [0.5, 0.6) is 0 Å². The van der Waals surface area contributed by atoms with Crippen LogP contribution in [0.25, 0.3) is 87.0 Å². The van der Waals surface area contributed by atoms with Crippen molar-refractivity contribution < 1.29 is 0 Å². The predicted octanol–water partition coefficient (Wildman–Crippen LogP) is 20.0. The number of aromatic nitrogens is 2. The van der Waals surface area contributed by atoms with E-state index in [1.165, 1.54) is 115 Å². The summed E-state index contributed by atoms with van der Waals surface area (Å²) in [5, 5.41) is 12.9. The Morgan fingerprint density at radius 3 is 1.07 bits per heavy atom. The second-order valence-electron chi connectivity index (χ2n) is 23.9. The molecule has 0 aliphatic heterocycles. The molecule has 0 unspecified atom stereocenters. The molecule has 0 spiro atoms. The molecule has 74 heavy (non-hydrogen) atoms. The second kappa shape index (κ2) is 15.6. The van der Waals surface area contributed by atoms with Crippen molar-refractivity contribution in [3.63, 3.8) is 0 Å². The van der Waals surface area contributed by atoms with Crippen LogP contribution < -0.4 is 9.80 Å². The minimum atomic E-state index is -0.116. The van der Waals surface area contributed by atoms with Crippen LogP contribution in [0.3, 0.4) is 0 Å². The van der Waals surface area contributed by atoms with E-state index in [0.29, 0.717) is 0 Å². The number of nitrogens with zero attached hydrogens (tertiary/aromatic N) is 4. The molecular formula is C70H60N4. The van der Waals surface area contributed by atoms with Crippen LogP contribution in [0.2, 0.25) is 0 Å². The zero-order chi connectivity index (χ0) is 50.6. The molecule has 0 N–H and O–H groups in total. The third-order valence-corrected chi connectivity index (χ3v) is 16.1. The first-order valence-corrected chi connectivity index (χ1v) is 26.4. The molecular weight excluding hydrogens is 897 g/mol. The van der Waals surface area contributed by atoms with Crippen LogP contribution in [0.15, 0.2) is 200 Å². The van der Waals surface area contributed by atoms with Crippen molar-refractivity contribution in [3.8, 4) is 0 Å². The number of fused-ring (bicyclic) bond motifs is 15. The molecule has 0 amide bonds. The van der Waals surface area contributed by atoms with Gasteiger partial charge in [-0.2, -0.15) is 0 Å². The monoisotopic (exact) mass is 956 g/mol. The molecule has 14 rings (SSSR count). The summed E-state index contributed by atoms with van der Waals surface area (Å²) >= 11 is 0. The van der Waals surface area contributed by atoms with Crippen LogP contribution in [0.1, 0.15) is 79.0 Å². The van der Waals surface area contributed by atoms with Crippen molar-refractivity contribution in [2.24, 2.45) is 0 Å². The van der Waals surface area contributed by atoms with E-state index in [9.17, 15) is 0 Å².